The highest BCUT2D eigenvalue weighted by atomic mass is 32.1. The van der Waals surface area contributed by atoms with Gasteiger partial charge in [0.1, 0.15) is 0 Å². The molecule has 1 aromatic carbocycles. The van der Waals surface area contributed by atoms with Gasteiger partial charge >= 0.3 is 0 Å². The molecule has 0 spiro atoms. The van der Waals surface area contributed by atoms with E-state index >= 15 is 0 Å². The Labute approximate surface area is 161 Å². The number of carbonyl (C=O) groups excluding carboxylic acids is 2. The summed E-state index contributed by atoms with van der Waals surface area (Å²) >= 11 is 1.52. The number of aryl methyl sites for hydroxylation is 2. The molecule has 2 aromatic rings. The lowest BCUT2D eigenvalue weighted by molar-refractivity contribution is -0.117. The Bertz CT molecular complexity index is 880. The number of rotatable bonds is 3. The summed E-state index contributed by atoms with van der Waals surface area (Å²) in [4.78, 5) is 26.2. The number of amides is 2. The highest BCUT2D eigenvalue weighted by Gasteiger charge is 2.16. The van der Waals surface area contributed by atoms with E-state index < -0.39 is 5.91 Å². The molecule has 2 heterocycles. The number of hydrazine groups is 1. The smallest absolute Gasteiger partial charge is 0.279 e. The molecular weight excluding hydrogens is 364 g/mol. The Morgan fingerprint density at radius 1 is 1.00 bits per heavy atom. The molecule has 4 rings (SSSR count). The number of fused-ring (bicyclic) bond motifs is 2. The summed E-state index contributed by atoms with van der Waals surface area (Å²) in [6, 6.07) is 7.37. The van der Waals surface area contributed by atoms with Gasteiger partial charge in [0.2, 0.25) is 6.79 Å². The molecule has 0 saturated heterocycles. The van der Waals surface area contributed by atoms with Crippen molar-refractivity contribution in [3.8, 4) is 11.5 Å². The predicted molar refractivity (Wildman–Crippen MR) is 103 cm³/mol. The second-order valence-electron chi connectivity index (χ2n) is 6.51. The SMILES string of the molecule is O=C(/C=C/c1ccc2c(c1)OCO2)NNC(=O)c1cc2c(s1)CCCCC2. The van der Waals surface area contributed by atoms with E-state index in [4.69, 9.17) is 9.47 Å². The molecule has 0 unspecified atom stereocenters. The van der Waals surface area contributed by atoms with Gasteiger partial charge in [0, 0.05) is 11.0 Å². The minimum atomic E-state index is -0.404. The third kappa shape index (κ3) is 4.14. The van der Waals surface area contributed by atoms with Crippen LogP contribution in [0.1, 0.15) is 44.9 Å². The third-order valence-corrected chi connectivity index (χ3v) is 5.83. The maximum atomic E-state index is 12.3. The van der Waals surface area contributed by atoms with Crippen LogP contribution in [0, 0.1) is 0 Å². The van der Waals surface area contributed by atoms with Gasteiger partial charge in [0.15, 0.2) is 11.5 Å². The topological polar surface area (TPSA) is 76.7 Å². The number of hydrogen-bond donors (Lipinski definition) is 2. The summed E-state index contributed by atoms with van der Waals surface area (Å²) in [5.41, 5.74) is 6.98. The van der Waals surface area contributed by atoms with E-state index in [0.717, 1.165) is 18.4 Å². The van der Waals surface area contributed by atoms with Crippen LogP contribution in [0.2, 0.25) is 0 Å². The molecule has 2 aliphatic rings. The summed E-state index contributed by atoms with van der Waals surface area (Å²) in [7, 11) is 0. The second kappa shape index (κ2) is 7.84. The number of carbonyl (C=O) groups is 2. The summed E-state index contributed by atoms with van der Waals surface area (Å²) in [6.07, 6.45) is 8.68. The van der Waals surface area contributed by atoms with Crippen molar-refractivity contribution in [2.75, 3.05) is 6.79 Å². The molecule has 27 heavy (non-hydrogen) atoms. The van der Waals surface area contributed by atoms with Gasteiger partial charge in [-0.1, -0.05) is 12.5 Å². The zero-order chi connectivity index (χ0) is 18.6. The maximum Gasteiger partial charge on any atom is 0.279 e. The molecular formula is C20H20N2O4S. The molecule has 2 amide bonds. The maximum absolute atomic E-state index is 12.3. The van der Waals surface area contributed by atoms with Gasteiger partial charge in [-0.25, -0.2) is 0 Å². The van der Waals surface area contributed by atoms with Gasteiger partial charge in [-0.05, 0) is 61.1 Å². The molecule has 1 aliphatic carbocycles. The highest BCUT2D eigenvalue weighted by molar-refractivity contribution is 7.14. The van der Waals surface area contributed by atoms with E-state index in [1.54, 1.807) is 18.2 Å². The van der Waals surface area contributed by atoms with Crippen molar-refractivity contribution in [1.29, 1.82) is 0 Å². The van der Waals surface area contributed by atoms with E-state index in [2.05, 4.69) is 10.9 Å². The molecule has 0 fully saturated rings. The molecule has 7 heteroatoms. The Morgan fingerprint density at radius 2 is 1.85 bits per heavy atom. The first-order valence-corrected chi connectivity index (χ1v) is 9.80. The third-order valence-electron chi connectivity index (χ3n) is 4.59. The number of benzene rings is 1. The molecule has 0 radical (unpaired) electrons. The number of ether oxygens (including phenoxy) is 2. The highest BCUT2D eigenvalue weighted by Crippen LogP contribution is 2.32. The zero-order valence-electron chi connectivity index (χ0n) is 14.7. The van der Waals surface area contributed by atoms with Gasteiger partial charge in [-0.3, -0.25) is 20.4 Å². The average Bonchev–Trinajstić information content (AvgIpc) is 3.25. The largest absolute Gasteiger partial charge is 0.454 e. The fourth-order valence-electron chi connectivity index (χ4n) is 3.19. The molecule has 0 saturated carbocycles. The minimum absolute atomic E-state index is 0.209. The van der Waals surface area contributed by atoms with Gasteiger partial charge in [0.05, 0.1) is 4.88 Å². The van der Waals surface area contributed by atoms with Crippen LogP contribution in [-0.2, 0) is 17.6 Å². The lowest BCUT2D eigenvalue weighted by atomic mass is 10.1. The van der Waals surface area contributed by atoms with E-state index in [1.165, 1.54) is 47.1 Å². The van der Waals surface area contributed by atoms with Crippen LogP contribution in [0.25, 0.3) is 6.08 Å². The molecule has 6 nitrogen and oxygen atoms in total. The first-order chi connectivity index (χ1) is 13.2. The van der Waals surface area contributed by atoms with Crippen molar-refractivity contribution in [3.63, 3.8) is 0 Å². The number of nitrogens with one attached hydrogen (secondary N) is 2. The van der Waals surface area contributed by atoms with E-state index in [0.29, 0.717) is 16.4 Å². The summed E-state index contributed by atoms with van der Waals surface area (Å²) in [6.45, 7) is 0.209. The Morgan fingerprint density at radius 3 is 2.78 bits per heavy atom. The van der Waals surface area contributed by atoms with Gasteiger partial charge in [-0.15, -0.1) is 11.3 Å². The molecule has 1 aliphatic heterocycles. The standard InChI is InChI=1S/C20H20N2O4S/c23-19(9-7-13-6-8-15-16(10-13)26-12-25-15)21-22-20(24)18-11-14-4-2-1-3-5-17(14)27-18/h6-11H,1-5,12H2,(H,21,23)(H,22,24)/b9-7+. The second-order valence-corrected chi connectivity index (χ2v) is 7.65. The molecule has 140 valence electrons. The van der Waals surface area contributed by atoms with Crippen molar-refractivity contribution in [2.24, 2.45) is 0 Å². The van der Waals surface area contributed by atoms with Crippen molar-refractivity contribution in [3.05, 3.63) is 51.2 Å². The quantitative estimate of drug-likeness (QED) is 0.484. The first-order valence-electron chi connectivity index (χ1n) is 8.99. The van der Waals surface area contributed by atoms with Crippen LogP contribution >= 0.6 is 11.3 Å². The predicted octanol–water partition coefficient (Wildman–Crippen LogP) is 3.22. The summed E-state index contributed by atoms with van der Waals surface area (Å²) < 4.78 is 10.6. The summed E-state index contributed by atoms with van der Waals surface area (Å²) in [5, 5.41) is 0. The Balaban J connectivity index is 1.31. The van der Waals surface area contributed by atoms with Crippen LogP contribution < -0.4 is 20.3 Å². The average molecular weight is 384 g/mol. The molecule has 2 N–H and O–H groups in total. The Kier molecular flexibility index (Phi) is 5.11. The zero-order valence-corrected chi connectivity index (χ0v) is 15.6. The van der Waals surface area contributed by atoms with Crippen molar-refractivity contribution in [2.45, 2.75) is 32.1 Å². The molecule has 1 aromatic heterocycles. The van der Waals surface area contributed by atoms with Crippen LogP contribution in [0.5, 0.6) is 11.5 Å². The van der Waals surface area contributed by atoms with Gasteiger partial charge in [0.25, 0.3) is 11.8 Å². The number of thiophene rings is 1. The molecule has 0 bridgehead atoms. The van der Waals surface area contributed by atoms with Crippen LogP contribution in [-0.4, -0.2) is 18.6 Å². The van der Waals surface area contributed by atoms with Gasteiger partial charge < -0.3 is 9.47 Å². The lowest BCUT2D eigenvalue weighted by Gasteiger charge is -2.03. The minimum Gasteiger partial charge on any atom is -0.454 e. The van der Waals surface area contributed by atoms with Crippen molar-refractivity contribution < 1.29 is 19.1 Å². The fraction of sp³-hybridized carbons (Fsp3) is 0.300. The van der Waals surface area contributed by atoms with E-state index in [-0.39, 0.29) is 12.7 Å². The fourth-order valence-corrected chi connectivity index (χ4v) is 4.34. The van der Waals surface area contributed by atoms with E-state index in [1.807, 2.05) is 12.1 Å². The first kappa shape index (κ1) is 17.6. The van der Waals surface area contributed by atoms with Crippen LogP contribution in [0.4, 0.5) is 0 Å². The van der Waals surface area contributed by atoms with Crippen LogP contribution in [0.3, 0.4) is 0 Å². The van der Waals surface area contributed by atoms with E-state index in [9.17, 15) is 9.59 Å². The number of hydrogen-bond acceptors (Lipinski definition) is 5. The Hall–Kier alpha value is -2.80. The van der Waals surface area contributed by atoms with Crippen molar-refractivity contribution in [1.82, 2.24) is 10.9 Å². The normalized spacial score (nSPS) is 15.3. The van der Waals surface area contributed by atoms with Crippen LogP contribution in [0.15, 0.2) is 30.3 Å². The van der Waals surface area contributed by atoms with Crippen molar-refractivity contribution >= 4 is 29.2 Å². The molecule has 0 atom stereocenters. The summed E-state index contributed by atoms with van der Waals surface area (Å²) in [5.74, 6) is 0.665. The van der Waals surface area contributed by atoms with Gasteiger partial charge in [-0.2, -0.15) is 0 Å². The monoisotopic (exact) mass is 384 g/mol. The lowest BCUT2D eigenvalue weighted by Crippen LogP contribution is -2.40.